The Morgan fingerprint density at radius 1 is 1.59 bits per heavy atom. The summed E-state index contributed by atoms with van der Waals surface area (Å²) in [5, 5.41) is 10.4. The van der Waals surface area contributed by atoms with E-state index in [4.69, 9.17) is 4.84 Å². The molecule has 1 aliphatic rings. The summed E-state index contributed by atoms with van der Waals surface area (Å²) in [5.41, 5.74) is 0.00000756. The number of aliphatic hydroxyl groups excluding tert-OH is 1. The normalized spacial score (nSPS) is 18.6. The predicted molar refractivity (Wildman–Crippen MR) is 65.6 cm³/mol. The minimum Gasteiger partial charge on any atom is -0.353 e. The topological polar surface area (TPSA) is 74.2 Å². The fourth-order valence-electron chi connectivity index (χ4n) is 1.27. The number of hydroxylamine groups is 1. The minimum absolute atomic E-state index is 0.00000756. The average Bonchev–Trinajstić information content (AvgIpc) is 2.71. The van der Waals surface area contributed by atoms with E-state index >= 15 is 0 Å². The number of carbonyl (C=O) groups excluding carboxylic acids is 1. The molecule has 1 amide bonds. The van der Waals surface area contributed by atoms with Crippen molar-refractivity contribution in [3.63, 3.8) is 0 Å². The van der Waals surface area contributed by atoms with Gasteiger partial charge in [0.1, 0.15) is 11.5 Å². The summed E-state index contributed by atoms with van der Waals surface area (Å²) in [6, 6.07) is 5.69. The van der Waals surface area contributed by atoms with Crippen LogP contribution < -0.4 is 8.59 Å². The first-order valence-electron chi connectivity index (χ1n) is 4.52. The van der Waals surface area contributed by atoms with Crippen molar-refractivity contribution in [2.24, 2.45) is 4.99 Å². The summed E-state index contributed by atoms with van der Waals surface area (Å²) in [4.78, 5) is 19.7. The van der Waals surface area contributed by atoms with Crippen LogP contribution in [0.2, 0.25) is 0 Å². The van der Waals surface area contributed by atoms with Crippen LogP contribution in [-0.4, -0.2) is 23.3 Å². The fraction of sp³-hybridized carbons (Fsp3) is 0.111. The Hall–Kier alpha value is -1.42. The van der Waals surface area contributed by atoms with Crippen molar-refractivity contribution in [3.05, 3.63) is 30.1 Å². The lowest BCUT2D eigenvalue weighted by atomic mass is 10.3. The third-order valence-corrected chi connectivity index (χ3v) is 2.49. The number of halogens is 2. The first-order valence-corrected chi connectivity index (χ1v) is 5.60. The number of aliphatic imine (C=N–C) groups is 1. The Balaban J connectivity index is 2.23. The molecule has 2 N–H and O–H groups in total. The molecule has 0 saturated carbocycles. The molecule has 1 aliphatic heterocycles. The maximum Gasteiger partial charge on any atom is 0.318 e. The number of benzene rings is 1. The SMILES string of the molecule is O=C(NI)C1=NC(O)N(c2ccccc2F)O1. The van der Waals surface area contributed by atoms with Crippen molar-refractivity contribution in [3.8, 4) is 0 Å². The molecule has 90 valence electrons. The molecule has 0 fully saturated rings. The van der Waals surface area contributed by atoms with E-state index in [1.807, 2.05) is 0 Å². The quantitative estimate of drug-likeness (QED) is 0.608. The number of amides is 1. The minimum atomic E-state index is -1.45. The summed E-state index contributed by atoms with van der Waals surface area (Å²) >= 11 is 1.60. The number of nitrogens with zero attached hydrogens (tertiary/aromatic N) is 2. The van der Waals surface area contributed by atoms with Gasteiger partial charge in [-0.3, -0.25) is 8.32 Å². The highest BCUT2D eigenvalue weighted by Crippen LogP contribution is 2.24. The van der Waals surface area contributed by atoms with E-state index in [-0.39, 0.29) is 11.6 Å². The molecule has 1 unspecified atom stereocenters. The first-order chi connectivity index (χ1) is 8.13. The average molecular weight is 351 g/mol. The van der Waals surface area contributed by atoms with Gasteiger partial charge < -0.3 is 9.94 Å². The van der Waals surface area contributed by atoms with Crippen LogP contribution in [0.5, 0.6) is 0 Å². The Morgan fingerprint density at radius 3 is 2.94 bits per heavy atom. The second kappa shape index (κ2) is 4.84. The van der Waals surface area contributed by atoms with Gasteiger partial charge in [-0.2, -0.15) is 10.1 Å². The van der Waals surface area contributed by atoms with Crippen LogP contribution in [0.4, 0.5) is 10.1 Å². The van der Waals surface area contributed by atoms with Gasteiger partial charge in [0.15, 0.2) is 0 Å². The van der Waals surface area contributed by atoms with E-state index < -0.39 is 18.1 Å². The molecule has 2 rings (SSSR count). The maximum absolute atomic E-state index is 13.4. The zero-order valence-electron chi connectivity index (χ0n) is 8.30. The molecule has 0 radical (unpaired) electrons. The van der Waals surface area contributed by atoms with Gasteiger partial charge in [0, 0.05) is 0 Å². The second-order valence-corrected chi connectivity index (χ2v) is 3.61. The van der Waals surface area contributed by atoms with E-state index in [1.165, 1.54) is 18.2 Å². The zero-order chi connectivity index (χ0) is 12.4. The first kappa shape index (κ1) is 12.0. The lowest BCUT2D eigenvalue weighted by Gasteiger charge is -2.19. The van der Waals surface area contributed by atoms with Crippen molar-refractivity contribution in [2.75, 3.05) is 5.06 Å². The predicted octanol–water partition coefficient (Wildman–Crippen LogP) is 0.718. The van der Waals surface area contributed by atoms with Crippen LogP contribution in [0.15, 0.2) is 29.3 Å². The summed E-state index contributed by atoms with van der Waals surface area (Å²) in [6.45, 7) is 0. The molecule has 1 heterocycles. The largest absolute Gasteiger partial charge is 0.353 e. The monoisotopic (exact) mass is 351 g/mol. The molecule has 0 spiro atoms. The molecule has 1 aromatic carbocycles. The Bertz CT molecular complexity index is 482. The van der Waals surface area contributed by atoms with E-state index in [1.54, 1.807) is 28.9 Å². The third-order valence-electron chi connectivity index (χ3n) is 2.00. The van der Waals surface area contributed by atoms with Crippen molar-refractivity contribution in [2.45, 2.75) is 6.35 Å². The highest BCUT2D eigenvalue weighted by Gasteiger charge is 2.32. The van der Waals surface area contributed by atoms with Gasteiger partial charge in [-0.15, -0.1) is 0 Å². The third kappa shape index (κ3) is 2.31. The molecule has 17 heavy (non-hydrogen) atoms. The summed E-state index contributed by atoms with van der Waals surface area (Å²) in [5.74, 6) is -1.52. The Labute approximate surface area is 110 Å². The zero-order valence-corrected chi connectivity index (χ0v) is 10.5. The molecule has 6 nitrogen and oxygen atoms in total. The van der Waals surface area contributed by atoms with Gasteiger partial charge in [-0.1, -0.05) is 12.1 Å². The number of hydrogen-bond donors (Lipinski definition) is 2. The lowest BCUT2D eigenvalue weighted by Crippen LogP contribution is -2.32. The molecule has 0 aromatic heterocycles. The Morgan fingerprint density at radius 2 is 2.29 bits per heavy atom. The summed E-state index contributed by atoms with van der Waals surface area (Å²) in [6.07, 6.45) is -1.45. The van der Waals surface area contributed by atoms with E-state index in [2.05, 4.69) is 8.52 Å². The van der Waals surface area contributed by atoms with E-state index in [9.17, 15) is 14.3 Å². The molecular weight excluding hydrogens is 344 g/mol. The molecule has 1 aromatic rings. The number of carbonyl (C=O) groups is 1. The molecule has 0 saturated heterocycles. The number of para-hydroxylation sites is 1. The smallest absolute Gasteiger partial charge is 0.318 e. The lowest BCUT2D eigenvalue weighted by molar-refractivity contribution is -0.114. The maximum atomic E-state index is 13.4. The molecule has 0 aliphatic carbocycles. The number of aliphatic hydroxyl groups is 1. The van der Waals surface area contributed by atoms with Crippen LogP contribution in [0.1, 0.15) is 0 Å². The van der Waals surface area contributed by atoms with Crippen LogP contribution >= 0.6 is 22.9 Å². The summed E-state index contributed by atoms with van der Waals surface area (Å²) in [7, 11) is 0. The van der Waals surface area contributed by atoms with Crippen molar-refractivity contribution in [1.82, 2.24) is 3.53 Å². The van der Waals surface area contributed by atoms with Gasteiger partial charge >= 0.3 is 11.8 Å². The van der Waals surface area contributed by atoms with Crippen LogP contribution in [0, 0.1) is 5.82 Å². The van der Waals surface area contributed by atoms with Crippen LogP contribution in [-0.2, 0) is 9.63 Å². The van der Waals surface area contributed by atoms with E-state index in [0.29, 0.717) is 0 Å². The molecule has 0 bridgehead atoms. The van der Waals surface area contributed by atoms with Gasteiger partial charge in [-0.05, 0) is 12.1 Å². The van der Waals surface area contributed by atoms with Gasteiger partial charge in [0.2, 0.25) is 0 Å². The number of rotatable bonds is 2. The Kier molecular flexibility index (Phi) is 3.43. The van der Waals surface area contributed by atoms with E-state index in [0.717, 1.165) is 5.06 Å². The van der Waals surface area contributed by atoms with Gasteiger partial charge in [-0.25, -0.2) is 4.39 Å². The number of anilines is 1. The molecule has 1 atom stereocenters. The number of hydrogen-bond acceptors (Lipinski definition) is 5. The molecular formula is C9H7FIN3O3. The van der Waals surface area contributed by atoms with Crippen molar-refractivity contribution in [1.29, 1.82) is 0 Å². The van der Waals surface area contributed by atoms with Crippen LogP contribution in [0.25, 0.3) is 0 Å². The second-order valence-electron chi connectivity index (χ2n) is 3.07. The molecule has 8 heteroatoms. The highest BCUT2D eigenvalue weighted by molar-refractivity contribution is 14.1. The number of nitrogens with one attached hydrogen (secondary N) is 1. The van der Waals surface area contributed by atoms with Crippen LogP contribution in [0.3, 0.4) is 0 Å². The highest BCUT2D eigenvalue weighted by atomic mass is 127. The van der Waals surface area contributed by atoms with Gasteiger partial charge in [0.25, 0.3) is 6.35 Å². The summed E-state index contributed by atoms with van der Waals surface area (Å²) < 4.78 is 15.7. The standard InChI is InChI=1S/C9H7FIN3O3/c10-5-3-1-2-4-6(5)14-9(16)12-8(17-14)7(15)13-11/h1-4,9,16H,(H,13,15). The fourth-order valence-corrected chi connectivity index (χ4v) is 1.50. The van der Waals surface area contributed by atoms with Crippen molar-refractivity contribution < 1.29 is 19.1 Å². The van der Waals surface area contributed by atoms with Gasteiger partial charge in [0.05, 0.1) is 22.9 Å². The van der Waals surface area contributed by atoms with Crippen molar-refractivity contribution >= 4 is 40.4 Å².